The van der Waals surface area contributed by atoms with E-state index >= 15 is 0 Å². The van der Waals surface area contributed by atoms with Crippen LogP contribution in [0.5, 0.6) is 11.5 Å². The molecule has 5 nitrogen and oxygen atoms in total. The summed E-state index contributed by atoms with van der Waals surface area (Å²) in [5.74, 6) is -0.868. The van der Waals surface area contributed by atoms with E-state index in [1.807, 2.05) is 0 Å². The zero-order chi connectivity index (χ0) is 18.0. The van der Waals surface area contributed by atoms with Crippen LogP contribution in [0.15, 0.2) is 23.1 Å². The Hall–Kier alpha value is -1.48. The number of rotatable bonds is 5. The van der Waals surface area contributed by atoms with Crippen LogP contribution in [-0.2, 0) is 10.0 Å². The number of methoxy groups -OCH3 is 2. The van der Waals surface area contributed by atoms with E-state index < -0.39 is 28.2 Å². The summed E-state index contributed by atoms with van der Waals surface area (Å²) in [6.45, 7) is 0. The number of hydrogen-bond acceptors (Lipinski definition) is 4. The van der Waals surface area contributed by atoms with Crippen LogP contribution in [0, 0.1) is 5.92 Å². The molecule has 9 heteroatoms. The number of ether oxygens (including phenoxy) is 2. The Balaban J connectivity index is 2.16. The fraction of sp³-hybridized carbons (Fsp3) is 0.600. The van der Waals surface area contributed by atoms with Gasteiger partial charge in [0.25, 0.3) is 0 Å². The van der Waals surface area contributed by atoms with Gasteiger partial charge in [-0.1, -0.05) is 6.42 Å². The third-order valence-electron chi connectivity index (χ3n) is 4.12. The molecular weight excluding hydrogens is 347 g/mol. The molecule has 136 valence electrons. The fourth-order valence-electron chi connectivity index (χ4n) is 2.87. The van der Waals surface area contributed by atoms with Crippen LogP contribution in [0.2, 0.25) is 0 Å². The van der Waals surface area contributed by atoms with Crippen LogP contribution < -0.4 is 14.2 Å². The molecular formula is C15H20F3NO4S. The second kappa shape index (κ2) is 7.18. The first-order valence-corrected chi connectivity index (χ1v) is 8.96. The van der Waals surface area contributed by atoms with Gasteiger partial charge >= 0.3 is 6.18 Å². The van der Waals surface area contributed by atoms with Gasteiger partial charge in [-0.2, -0.15) is 13.2 Å². The van der Waals surface area contributed by atoms with Gasteiger partial charge in [-0.3, -0.25) is 0 Å². The van der Waals surface area contributed by atoms with E-state index in [1.165, 1.54) is 32.4 Å². The zero-order valence-corrected chi connectivity index (χ0v) is 14.2. The Morgan fingerprint density at radius 3 is 2.38 bits per heavy atom. The topological polar surface area (TPSA) is 64.6 Å². The fourth-order valence-corrected chi connectivity index (χ4v) is 4.16. The molecule has 0 saturated heterocycles. The van der Waals surface area contributed by atoms with Crippen molar-refractivity contribution in [2.45, 2.75) is 42.8 Å². The lowest BCUT2D eigenvalue weighted by molar-refractivity contribution is -0.183. The molecule has 1 fully saturated rings. The molecule has 1 aromatic carbocycles. The first kappa shape index (κ1) is 18.9. The van der Waals surface area contributed by atoms with Gasteiger partial charge in [-0.15, -0.1) is 0 Å². The van der Waals surface area contributed by atoms with Crippen LogP contribution >= 0.6 is 0 Å². The quantitative estimate of drug-likeness (QED) is 0.869. The van der Waals surface area contributed by atoms with Crippen LogP contribution in [0.1, 0.15) is 25.7 Å². The number of alkyl halides is 3. The van der Waals surface area contributed by atoms with Gasteiger partial charge in [-0.25, -0.2) is 13.1 Å². The van der Waals surface area contributed by atoms with Crippen LogP contribution in [-0.4, -0.2) is 34.9 Å². The zero-order valence-electron chi connectivity index (χ0n) is 13.4. The normalized spacial score (nSPS) is 22.2. The van der Waals surface area contributed by atoms with Gasteiger partial charge < -0.3 is 9.47 Å². The molecule has 1 aromatic rings. The number of halogens is 3. The van der Waals surface area contributed by atoms with Crippen molar-refractivity contribution in [2.24, 2.45) is 5.92 Å². The van der Waals surface area contributed by atoms with Gasteiger partial charge in [0.15, 0.2) is 11.5 Å². The van der Waals surface area contributed by atoms with Crippen molar-refractivity contribution in [1.82, 2.24) is 4.72 Å². The van der Waals surface area contributed by atoms with E-state index in [1.54, 1.807) is 0 Å². The van der Waals surface area contributed by atoms with E-state index in [2.05, 4.69) is 4.72 Å². The summed E-state index contributed by atoms with van der Waals surface area (Å²) in [6.07, 6.45) is -3.77. The molecule has 24 heavy (non-hydrogen) atoms. The Bertz CT molecular complexity index is 676. The average Bonchev–Trinajstić information content (AvgIpc) is 2.53. The third kappa shape index (κ3) is 4.32. The third-order valence-corrected chi connectivity index (χ3v) is 5.64. The van der Waals surface area contributed by atoms with Gasteiger partial charge in [0.1, 0.15) is 0 Å². The van der Waals surface area contributed by atoms with E-state index in [4.69, 9.17) is 9.47 Å². The van der Waals surface area contributed by atoms with Gasteiger partial charge in [0.2, 0.25) is 10.0 Å². The summed E-state index contributed by atoms with van der Waals surface area (Å²) in [5, 5.41) is 0. The van der Waals surface area contributed by atoms with Crippen molar-refractivity contribution in [2.75, 3.05) is 14.2 Å². The Morgan fingerprint density at radius 2 is 1.79 bits per heavy atom. The number of sulfonamides is 1. The molecule has 1 saturated carbocycles. The largest absolute Gasteiger partial charge is 0.493 e. The molecule has 0 unspecified atom stereocenters. The van der Waals surface area contributed by atoms with E-state index in [9.17, 15) is 21.6 Å². The van der Waals surface area contributed by atoms with Gasteiger partial charge in [0.05, 0.1) is 25.0 Å². The number of hydrogen-bond donors (Lipinski definition) is 1. The molecule has 0 heterocycles. The molecule has 1 N–H and O–H groups in total. The maximum absolute atomic E-state index is 12.8. The minimum Gasteiger partial charge on any atom is -0.493 e. The molecule has 0 radical (unpaired) electrons. The monoisotopic (exact) mass is 367 g/mol. The molecule has 0 bridgehead atoms. The highest BCUT2D eigenvalue weighted by molar-refractivity contribution is 7.89. The van der Waals surface area contributed by atoms with E-state index in [0.29, 0.717) is 18.6 Å². The summed E-state index contributed by atoms with van der Waals surface area (Å²) in [4.78, 5) is -0.0747. The van der Waals surface area contributed by atoms with Gasteiger partial charge in [-0.05, 0) is 31.4 Å². The van der Waals surface area contributed by atoms with E-state index in [-0.39, 0.29) is 23.5 Å². The summed E-state index contributed by atoms with van der Waals surface area (Å²) in [6, 6.07) is 3.31. The first-order chi connectivity index (χ1) is 11.2. The summed E-state index contributed by atoms with van der Waals surface area (Å²) in [5.41, 5.74) is 0. The first-order valence-electron chi connectivity index (χ1n) is 7.48. The highest BCUT2D eigenvalue weighted by Gasteiger charge is 2.42. The molecule has 2 atom stereocenters. The van der Waals surface area contributed by atoms with Crippen LogP contribution in [0.4, 0.5) is 13.2 Å². The maximum atomic E-state index is 12.8. The number of benzene rings is 1. The minimum absolute atomic E-state index is 0.0398. The SMILES string of the molecule is COc1ccc(S(=O)(=O)N[C@H]2CCC[C@@H](C(F)(F)F)C2)cc1OC. The summed E-state index contributed by atoms with van der Waals surface area (Å²) in [7, 11) is -1.15. The second-order valence-corrected chi connectivity index (χ2v) is 7.45. The van der Waals surface area contributed by atoms with Crippen molar-refractivity contribution in [3.8, 4) is 11.5 Å². The highest BCUT2D eigenvalue weighted by Crippen LogP contribution is 2.38. The van der Waals surface area contributed by atoms with Gasteiger partial charge in [0, 0.05) is 12.1 Å². The Labute approximate surface area is 139 Å². The number of nitrogens with one attached hydrogen (secondary N) is 1. The van der Waals surface area contributed by atoms with Crippen LogP contribution in [0.25, 0.3) is 0 Å². The summed E-state index contributed by atoms with van der Waals surface area (Å²) >= 11 is 0. The maximum Gasteiger partial charge on any atom is 0.391 e. The molecule has 0 aromatic heterocycles. The summed E-state index contributed by atoms with van der Waals surface area (Å²) < 4.78 is 75.9. The minimum atomic E-state index is -4.30. The van der Waals surface area contributed by atoms with Crippen molar-refractivity contribution in [3.63, 3.8) is 0 Å². The van der Waals surface area contributed by atoms with Crippen molar-refractivity contribution >= 4 is 10.0 Å². The molecule has 1 aliphatic rings. The average molecular weight is 367 g/mol. The predicted molar refractivity (Wildman–Crippen MR) is 81.7 cm³/mol. The van der Waals surface area contributed by atoms with Crippen molar-refractivity contribution in [3.05, 3.63) is 18.2 Å². The second-order valence-electron chi connectivity index (χ2n) is 5.74. The molecule has 0 spiro atoms. The highest BCUT2D eigenvalue weighted by atomic mass is 32.2. The lowest BCUT2D eigenvalue weighted by Crippen LogP contribution is -2.41. The smallest absolute Gasteiger partial charge is 0.391 e. The molecule has 2 rings (SSSR count). The predicted octanol–water partition coefficient (Wildman–Crippen LogP) is 3.10. The Kier molecular flexibility index (Phi) is 5.64. The lowest BCUT2D eigenvalue weighted by atomic mass is 9.86. The van der Waals surface area contributed by atoms with Crippen LogP contribution in [0.3, 0.4) is 0 Å². The molecule has 0 aliphatic heterocycles. The standard InChI is InChI=1S/C15H20F3NO4S/c1-22-13-7-6-12(9-14(13)23-2)24(20,21)19-11-5-3-4-10(8-11)15(16,17)18/h6-7,9-11,19H,3-5,8H2,1-2H3/t10-,11+/m1/s1. The van der Waals surface area contributed by atoms with Crippen molar-refractivity contribution in [1.29, 1.82) is 0 Å². The Morgan fingerprint density at radius 1 is 1.12 bits per heavy atom. The van der Waals surface area contributed by atoms with Crippen molar-refractivity contribution < 1.29 is 31.1 Å². The molecule has 0 amide bonds. The lowest BCUT2D eigenvalue weighted by Gasteiger charge is -2.30. The van der Waals surface area contributed by atoms with E-state index in [0.717, 1.165) is 0 Å². The molecule has 1 aliphatic carbocycles.